The van der Waals surface area contributed by atoms with E-state index < -0.39 is 7.32 Å². The van der Waals surface area contributed by atoms with Gasteiger partial charge in [0.05, 0.1) is 0 Å². The molecule has 0 spiro atoms. The summed E-state index contributed by atoms with van der Waals surface area (Å²) < 4.78 is 0. The van der Waals surface area contributed by atoms with Gasteiger partial charge in [-0.25, -0.2) is 0 Å². The summed E-state index contributed by atoms with van der Waals surface area (Å²) in [5.41, 5.74) is 3.19. The molecule has 4 N–H and O–H groups in total. The number of aromatic hydroxyl groups is 4. The molecule has 0 aliphatic rings. The van der Waals surface area contributed by atoms with E-state index in [0.29, 0.717) is 0 Å². The quantitative estimate of drug-likeness (QED) is 0.258. The maximum absolute atomic E-state index is 9.75. The predicted octanol–water partition coefficient (Wildman–Crippen LogP) is -6.25. The second kappa shape index (κ2) is 19.5. The molecule has 11 heteroatoms. The molecule has 7 nitrogen and oxygen atoms in total. The largest absolute Gasteiger partial charge is 1.00 e. The number of benzene rings is 2. The van der Waals surface area contributed by atoms with Crippen LogP contribution in [0.5, 0.6) is 23.0 Å². The summed E-state index contributed by atoms with van der Waals surface area (Å²) in [6, 6.07) is 7.54. The Morgan fingerprint density at radius 3 is 0.657 bits per heavy atom. The topological polar surface area (TPSA) is 150 Å². The van der Waals surface area contributed by atoms with Crippen molar-refractivity contribution in [2.24, 2.45) is 0 Å². The molecule has 35 heavy (non-hydrogen) atoms. The van der Waals surface area contributed by atoms with E-state index in [1.165, 1.54) is 0 Å². The van der Waals surface area contributed by atoms with Crippen molar-refractivity contribution in [3.8, 4) is 23.0 Å². The van der Waals surface area contributed by atoms with Gasteiger partial charge in [0.1, 0.15) is 0 Å². The molecule has 0 aromatic heterocycles. The van der Waals surface area contributed by atoms with Crippen molar-refractivity contribution in [1.29, 1.82) is 0 Å². The van der Waals surface area contributed by atoms with Crippen molar-refractivity contribution in [2.45, 2.75) is 79.1 Å². The maximum Gasteiger partial charge on any atom is 1.00 e. The Balaban J connectivity index is -0.000000222. The van der Waals surface area contributed by atoms with E-state index in [1.54, 1.807) is 0 Å². The van der Waals surface area contributed by atoms with E-state index in [-0.39, 0.29) is 103 Å². The third kappa shape index (κ3) is 13.5. The molecule has 180 valence electrons. The minimum absolute atomic E-state index is 0. The number of phenols is 4. The maximum atomic E-state index is 9.75. The molecule has 0 unspecified atom stereocenters. The molecule has 0 bridgehead atoms. The van der Waals surface area contributed by atoms with Crippen molar-refractivity contribution in [1.82, 2.24) is 0 Å². The van der Waals surface area contributed by atoms with Gasteiger partial charge >= 0.3 is 56.6 Å². The molecule has 2 rings (SSSR count). The van der Waals surface area contributed by atoms with E-state index in [2.05, 4.69) is 0 Å². The SMILES string of the molecule is CC(C)c1ccc(C(C)C)c(O)c1O.CC(C)c1ccc(C(C)C)c(O)c1O.[Li+].[Li+].[Li+].[O-]B([O-])[O-]. The number of phenolic OH excluding ortho intramolecular Hbond substituents is 4. The van der Waals surface area contributed by atoms with Crippen LogP contribution in [0.2, 0.25) is 0 Å². The van der Waals surface area contributed by atoms with Crippen molar-refractivity contribution >= 4 is 7.32 Å². The van der Waals surface area contributed by atoms with E-state index >= 15 is 0 Å². The Bertz CT molecular complexity index is 725. The van der Waals surface area contributed by atoms with Crippen LogP contribution in [-0.2, 0) is 0 Å². The molecule has 0 radical (unpaired) electrons. The van der Waals surface area contributed by atoms with Crippen LogP contribution in [0.25, 0.3) is 0 Å². The van der Waals surface area contributed by atoms with E-state index in [0.717, 1.165) is 22.3 Å². The van der Waals surface area contributed by atoms with Crippen molar-refractivity contribution < 1.29 is 92.1 Å². The number of hydrogen-bond donors (Lipinski definition) is 4. The zero-order chi connectivity index (χ0) is 25.3. The van der Waals surface area contributed by atoms with Crippen LogP contribution in [-0.4, -0.2) is 27.7 Å². The van der Waals surface area contributed by atoms with Gasteiger partial charge in [-0.1, -0.05) is 79.7 Å². The summed E-state index contributed by atoms with van der Waals surface area (Å²) in [5.74, 6) is 1.03. The summed E-state index contributed by atoms with van der Waals surface area (Å²) >= 11 is 0. The molecule has 0 amide bonds. The molecule has 0 saturated heterocycles. The molecular weight excluding hydrogens is 432 g/mol. The minimum atomic E-state index is -2.92. The zero-order valence-electron chi connectivity index (χ0n) is 23.2. The van der Waals surface area contributed by atoms with Crippen LogP contribution in [0, 0.1) is 0 Å². The van der Waals surface area contributed by atoms with Crippen LogP contribution >= 0.6 is 0 Å². The monoisotopic (exact) mass is 468 g/mol. The van der Waals surface area contributed by atoms with Gasteiger partial charge in [-0.15, -0.1) is 0 Å². The standard InChI is InChI=1S/2C12H18O2.BO3.3Li/c2*1-7(2)9-5-6-10(8(3)4)12(14)11(9)13;2-1(3)4;;;/h2*5-8,13-14H,1-4H3;;;;/q;;-3;3*+1. The van der Waals surface area contributed by atoms with Crippen LogP contribution in [0.4, 0.5) is 0 Å². The van der Waals surface area contributed by atoms with E-state index in [4.69, 9.17) is 15.1 Å². The molecular formula is C24H36BLi3O7. The molecule has 0 saturated carbocycles. The van der Waals surface area contributed by atoms with E-state index in [9.17, 15) is 20.4 Å². The second-order valence-corrected chi connectivity index (χ2v) is 8.79. The van der Waals surface area contributed by atoms with Gasteiger partial charge in [0.2, 0.25) is 0 Å². The summed E-state index contributed by atoms with van der Waals surface area (Å²) in [4.78, 5) is 0. The Hall–Kier alpha value is -0.623. The first-order valence-corrected chi connectivity index (χ1v) is 10.7. The fraction of sp³-hybridized carbons (Fsp3) is 0.500. The van der Waals surface area contributed by atoms with Crippen LogP contribution in [0.1, 0.15) is 101 Å². The number of rotatable bonds is 4. The summed E-state index contributed by atoms with van der Waals surface area (Å²) in [5, 5.41) is 64.2. The molecule has 0 aliphatic heterocycles. The van der Waals surface area contributed by atoms with Crippen molar-refractivity contribution in [2.75, 3.05) is 0 Å². The second-order valence-electron chi connectivity index (χ2n) is 8.79. The van der Waals surface area contributed by atoms with Crippen molar-refractivity contribution in [3.05, 3.63) is 46.5 Å². The van der Waals surface area contributed by atoms with Gasteiger partial charge < -0.3 is 35.5 Å². The third-order valence-electron chi connectivity index (χ3n) is 4.92. The Morgan fingerprint density at radius 2 is 0.571 bits per heavy atom. The third-order valence-corrected chi connectivity index (χ3v) is 4.92. The predicted molar refractivity (Wildman–Crippen MR) is 122 cm³/mol. The normalized spacial score (nSPS) is 9.80. The molecule has 2 aromatic carbocycles. The van der Waals surface area contributed by atoms with Gasteiger partial charge in [-0.3, -0.25) is 7.32 Å². The molecule has 0 heterocycles. The molecule has 0 atom stereocenters. The van der Waals surface area contributed by atoms with E-state index in [1.807, 2.05) is 79.7 Å². The van der Waals surface area contributed by atoms with Crippen LogP contribution in [0.3, 0.4) is 0 Å². The average Bonchev–Trinajstić information content (AvgIpc) is 2.65. The summed E-state index contributed by atoms with van der Waals surface area (Å²) in [6.45, 7) is 15.9. The molecule has 2 aromatic rings. The van der Waals surface area contributed by atoms with Crippen LogP contribution < -0.4 is 71.7 Å². The van der Waals surface area contributed by atoms with Gasteiger partial charge in [-0.05, 0) is 23.7 Å². The van der Waals surface area contributed by atoms with Crippen molar-refractivity contribution in [3.63, 3.8) is 0 Å². The Labute approximate surface area is 246 Å². The number of hydrogen-bond acceptors (Lipinski definition) is 7. The summed E-state index contributed by atoms with van der Waals surface area (Å²) in [7, 11) is -2.92. The Morgan fingerprint density at radius 1 is 0.457 bits per heavy atom. The first kappa shape index (κ1) is 41.5. The summed E-state index contributed by atoms with van der Waals surface area (Å²) in [6.07, 6.45) is 0. The smallest absolute Gasteiger partial charge is 0.907 e. The molecule has 0 aliphatic carbocycles. The Kier molecular flexibility index (Phi) is 23.1. The fourth-order valence-electron chi connectivity index (χ4n) is 3.09. The zero-order valence-corrected chi connectivity index (χ0v) is 23.2. The minimum Gasteiger partial charge on any atom is -0.907 e. The fourth-order valence-corrected chi connectivity index (χ4v) is 3.09. The van der Waals surface area contributed by atoms with Gasteiger partial charge in [0.25, 0.3) is 0 Å². The molecule has 0 fully saturated rings. The first-order chi connectivity index (χ1) is 14.6. The van der Waals surface area contributed by atoms with Gasteiger partial charge in [0, 0.05) is 22.3 Å². The van der Waals surface area contributed by atoms with Crippen LogP contribution in [0.15, 0.2) is 24.3 Å². The van der Waals surface area contributed by atoms with Gasteiger partial charge in [0.15, 0.2) is 23.0 Å². The average molecular weight is 468 g/mol. The first-order valence-electron chi connectivity index (χ1n) is 10.7. The van der Waals surface area contributed by atoms with Gasteiger partial charge in [-0.2, -0.15) is 0 Å².